The van der Waals surface area contributed by atoms with Gasteiger partial charge in [-0.3, -0.25) is 9.59 Å². The zero-order valence-corrected chi connectivity index (χ0v) is 16.4. The highest BCUT2D eigenvalue weighted by Gasteiger charge is 2.39. The average molecular weight is 396 g/mol. The van der Waals surface area contributed by atoms with Crippen LogP contribution in [0.4, 0.5) is 0 Å². The molecule has 2 atom stereocenters. The summed E-state index contributed by atoms with van der Waals surface area (Å²) >= 11 is 0. The van der Waals surface area contributed by atoms with Crippen molar-refractivity contribution in [1.29, 1.82) is 0 Å². The number of nitrogens with one attached hydrogen (secondary N) is 2. The van der Waals surface area contributed by atoms with Crippen molar-refractivity contribution in [3.63, 3.8) is 0 Å². The van der Waals surface area contributed by atoms with Crippen LogP contribution in [-0.4, -0.2) is 49.8 Å². The van der Waals surface area contributed by atoms with Crippen molar-refractivity contribution in [3.05, 3.63) is 58.7 Å². The first-order valence-electron chi connectivity index (χ1n) is 9.68. The van der Waals surface area contributed by atoms with E-state index in [1.54, 1.807) is 19.2 Å². The van der Waals surface area contributed by atoms with E-state index in [2.05, 4.69) is 10.6 Å². The second-order valence-electron chi connectivity index (χ2n) is 7.36. The second-order valence-corrected chi connectivity index (χ2v) is 7.36. The van der Waals surface area contributed by atoms with Gasteiger partial charge in [-0.1, -0.05) is 12.1 Å². The molecule has 7 nitrogen and oxygen atoms in total. The summed E-state index contributed by atoms with van der Waals surface area (Å²) in [6, 6.07) is 11.0. The third-order valence-electron chi connectivity index (χ3n) is 5.37. The summed E-state index contributed by atoms with van der Waals surface area (Å²) in [4.78, 5) is 25.2. The topological polar surface area (TPSA) is 96.9 Å². The van der Waals surface area contributed by atoms with Gasteiger partial charge in [0.1, 0.15) is 17.6 Å². The van der Waals surface area contributed by atoms with E-state index >= 15 is 0 Å². The summed E-state index contributed by atoms with van der Waals surface area (Å²) in [5.41, 5.74) is 2.28. The van der Waals surface area contributed by atoms with Crippen molar-refractivity contribution in [3.8, 4) is 11.5 Å². The van der Waals surface area contributed by atoms with Crippen molar-refractivity contribution < 1.29 is 24.2 Å². The maximum atomic E-state index is 12.7. The summed E-state index contributed by atoms with van der Waals surface area (Å²) in [6.45, 7) is -0.229. The summed E-state index contributed by atoms with van der Waals surface area (Å²) in [5.74, 6) is 0.200. The molecule has 1 aliphatic carbocycles. The molecular weight excluding hydrogens is 372 g/mol. The number of aliphatic hydroxyl groups excluding tert-OH is 1. The van der Waals surface area contributed by atoms with Crippen LogP contribution in [0.2, 0.25) is 0 Å². The third kappa shape index (κ3) is 3.65. The molecule has 1 aliphatic heterocycles. The molecule has 0 aromatic heterocycles. The van der Waals surface area contributed by atoms with Gasteiger partial charge in [-0.05, 0) is 42.7 Å². The number of hydrogen-bond donors (Lipinski definition) is 3. The van der Waals surface area contributed by atoms with Gasteiger partial charge in [0.25, 0.3) is 11.8 Å². The largest absolute Gasteiger partial charge is 0.497 e. The fourth-order valence-electron chi connectivity index (χ4n) is 3.74. The molecule has 0 unspecified atom stereocenters. The Morgan fingerprint density at radius 3 is 2.66 bits per heavy atom. The SMILES string of the molecule is CNC(=O)c1cc(C(=O)NC2CC2)cc2c1O[C@H](CO)[C@H]2c1cccc(OC)c1. The van der Waals surface area contributed by atoms with Crippen molar-refractivity contribution in [2.45, 2.75) is 30.9 Å². The Hall–Kier alpha value is -3.06. The molecular formula is C22H24N2O5. The summed E-state index contributed by atoms with van der Waals surface area (Å²) in [6.07, 6.45) is 1.38. The maximum Gasteiger partial charge on any atom is 0.254 e. The molecule has 29 heavy (non-hydrogen) atoms. The number of hydrogen-bond acceptors (Lipinski definition) is 5. The minimum absolute atomic E-state index is 0.204. The highest BCUT2D eigenvalue weighted by Crippen LogP contribution is 2.45. The smallest absolute Gasteiger partial charge is 0.254 e. The van der Waals surface area contributed by atoms with Gasteiger partial charge in [0, 0.05) is 24.2 Å². The van der Waals surface area contributed by atoms with Crippen LogP contribution < -0.4 is 20.1 Å². The summed E-state index contributed by atoms with van der Waals surface area (Å²) in [5, 5.41) is 15.5. The number of amides is 2. The quantitative estimate of drug-likeness (QED) is 0.692. The Morgan fingerprint density at radius 1 is 1.21 bits per heavy atom. The van der Waals surface area contributed by atoms with E-state index in [0.29, 0.717) is 22.6 Å². The Kier molecular flexibility index (Phi) is 5.15. The third-order valence-corrected chi connectivity index (χ3v) is 5.37. The van der Waals surface area contributed by atoms with Gasteiger partial charge in [-0.25, -0.2) is 0 Å². The molecule has 0 radical (unpaired) electrons. The fraction of sp³-hybridized carbons (Fsp3) is 0.364. The molecule has 4 rings (SSSR count). The lowest BCUT2D eigenvalue weighted by Gasteiger charge is -2.18. The van der Waals surface area contributed by atoms with Gasteiger partial charge in [-0.15, -0.1) is 0 Å². The number of aliphatic hydroxyl groups is 1. The predicted octanol–water partition coefficient (Wildman–Crippen LogP) is 1.83. The molecule has 0 spiro atoms. The maximum absolute atomic E-state index is 12.7. The predicted molar refractivity (Wildman–Crippen MR) is 107 cm³/mol. The van der Waals surface area contributed by atoms with Gasteiger partial charge in [-0.2, -0.15) is 0 Å². The Balaban J connectivity index is 1.83. The molecule has 1 saturated carbocycles. The molecule has 2 aromatic carbocycles. The van der Waals surface area contributed by atoms with Gasteiger partial charge in [0.05, 0.1) is 25.2 Å². The number of methoxy groups -OCH3 is 1. The standard InChI is InChI=1S/C22H24N2O5/c1-23-22(27)17-10-13(21(26)24-14-6-7-14)9-16-19(18(11-25)29-20(16)17)12-4-3-5-15(8-12)28-2/h3-5,8-10,14,18-19,25H,6-7,11H2,1-2H3,(H,23,27)(H,24,26)/t18-,19+/m1/s1. The first-order valence-corrected chi connectivity index (χ1v) is 9.68. The molecule has 1 fully saturated rings. The van der Waals surface area contributed by atoms with E-state index in [1.165, 1.54) is 7.05 Å². The Bertz CT molecular complexity index is 954. The highest BCUT2D eigenvalue weighted by atomic mass is 16.5. The molecule has 3 N–H and O–H groups in total. The van der Waals surface area contributed by atoms with Crippen LogP contribution in [0.3, 0.4) is 0 Å². The van der Waals surface area contributed by atoms with Gasteiger partial charge >= 0.3 is 0 Å². The number of ether oxygens (including phenoxy) is 2. The molecule has 0 saturated heterocycles. The van der Waals surface area contributed by atoms with Crippen LogP contribution in [0, 0.1) is 0 Å². The molecule has 2 aliphatic rings. The zero-order valence-electron chi connectivity index (χ0n) is 16.4. The minimum atomic E-state index is -0.567. The molecule has 1 heterocycles. The molecule has 2 amide bonds. The molecule has 7 heteroatoms. The lowest BCUT2D eigenvalue weighted by Crippen LogP contribution is -2.26. The van der Waals surface area contributed by atoms with E-state index in [0.717, 1.165) is 18.4 Å². The lowest BCUT2D eigenvalue weighted by atomic mass is 9.86. The first kappa shape index (κ1) is 19.3. The van der Waals surface area contributed by atoms with Crippen molar-refractivity contribution in [2.24, 2.45) is 0 Å². The first-order chi connectivity index (χ1) is 14.0. The highest BCUT2D eigenvalue weighted by molar-refractivity contribution is 6.02. The second kappa shape index (κ2) is 7.75. The number of benzene rings is 2. The number of rotatable bonds is 6. The van der Waals surface area contributed by atoms with Gasteiger partial charge in [0.2, 0.25) is 0 Å². The summed E-state index contributed by atoms with van der Waals surface area (Å²) in [7, 11) is 3.12. The Labute approximate surface area is 169 Å². The summed E-state index contributed by atoms with van der Waals surface area (Å²) < 4.78 is 11.3. The number of carbonyl (C=O) groups is 2. The van der Waals surface area contributed by atoms with Crippen LogP contribution in [0.5, 0.6) is 11.5 Å². The van der Waals surface area contributed by atoms with Crippen molar-refractivity contribution >= 4 is 11.8 Å². The molecule has 2 aromatic rings. The van der Waals surface area contributed by atoms with E-state index in [-0.39, 0.29) is 35.9 Å². The number of carbonyl (C=O) groups excluding carboxylic acids is 2. The van der Waals surface area contributed by atoms with Crippen LogP contribution in [-0.2, 0) is 0 Å². The minimum Gasteiger partial charge on any atom is -0.497 e. The number of fused-ring (bicyclic) bond motifs is 1. The van der Waals surface area contributed by atoms with Gasteiger partial charge < -0.3 is 25.2 Å². The van der Waals surface area contributed by atoms with Crippen LogP contribution in [0.15, 0.2) is 36.4 Å². The van der Waals surface area contributed by atoms with Crippen LogP contribution in [0.25, 0.3) is 0 Å². The lowest BCUT2D eigenvalue weighted by molar-refractivity contribution is 0.0947. The van der Waals surface area contributed by atoms with E-state index in [1.807, 2.05) is 24.3 Å². The normalized spacial score (nSPS) is 19.8. The van der Waals surface area contributed by atoms with Crippen molar-refractivity contribution in [2.75, 3.05) is 20.8 Å². The van der Waals surface area contributed by atoms with E-state index in [4.69, 9.17) is 9.47 Å². The molecule has 0 bridgehead atoms. The average Bonchev–Trinajstić information content (AvgIpc) is 3.48. The monoisotopic (exact) mass is 396 g/mol. The zero-order chi connectivity index (χ0) is 20.5. The fourth-order valence-corrected chi connectivity index (χ4v) is 3.74. The Morgan fingerprint density at radius 2 is 2.00 bits per heavy atom. The van der Waals surface area contributed by atoms with Gasteiger partial charge in [0.15, 0.2) is 0 Å². The van der Waals surface area contributed by atoms with Crippen molar-refractivity contribution in [1.82, 2.24) is 10.6 Å². The van der Waals surface area contributed by atoms with E-state index in [9.17, 15) is 14.7 Å². The van der Waals surface area contributed by atoms with E-state index < -0.39 is 6.10 Å². The van der Waals surface area contributed by atoms with Crippen LogP contribution in [0.1, 0.15) is 50.6 Å². The van der Waals surface area contributed by atoms with Crippen LogP contribution >= 0.6 is 0 Å². The molecule has 152 valence electrons.